The molecule has 1 aliphatic rings. The first kappa shape index (κ1) is 19.0. The van der Waals surface area contributed by atoms with Crippen LogP contribution in [0.15, 0.2) is 52.7 Å². The van der Waals surface area contributed by atoms with Crippen LogP contribution < -0.4 is 0 Å². The average Bonchev–Trinajstić information content (AvgIpc) is 3.44. The second-order valence-corrected chi connectivity index (χ2v) is 8.35. The van der Waals surface area contributed by atoms with E-state index in [1.165, 1.54) is 35.7 Å². The Balaban J connectivity index is 1.17. The van der Waals surface area contributed by atoms with E-state index in [-0.39, 0.29) is 11.7 Å². The number of aromatic nitrogens is 2. The summed E-state index contributed by atoms with van der Waals surface area (Å²) < 4.78 is 5.06. The minimum atomic E-state index is 0.0148. The normalized spacial score (nSPS) is 15.7. The van der Waals surface area contributed by atoms with Crippen molar-refractivity contribution < 1.29 is 9.21 Å². The molecule has 1 saturated heterocycles. The Morgan fingerprint density at radius 3 is 2.79 bits per heavy atom. The highest BCUT2D eigenvalue weighted by molar-refractivity contribution is 7.13. The minimum absolute atomic E-state index is 0.0148. The van der Waals surface area contributed by atoms with E-state index in [1.807, 2.05) is 6.20 Å². The highest BCUT2D eigenvalue weighted by Crippen LogP contribution is 2.25. The first-order valence-corrected chi connectivity index (χ1v) is 10.8. The van der Waals surface area contributed by atoms with Crippen molar-refractivity contribution in [3.05, 3.63) is 59.8 Å². The lowest BCUT2D eigenvalue weighted by Crippen LogP contribution is -2.33. The molecule has 1 aliphatic heterocycles. The van der Waals surface area contributed by atoms with Crippen molar-refractivity contribution in [1.82, 2.24) is 14.9 Å². The van der Waals surface area contributed by atoms with Crippen molar-refractivity contribution in [2.24, 2.45) is 5.92 Å². The van der Waals surface area contributed by atoms with Crippen molar-refractivity contribution in [1.29, 1.82) is 0 Å². The monoisotopic (exact) mass is 395 g/mol. The Labute approximate surface area is 169 Å². The lowest BCUT2D eigenvalue weighted by atomic mass is 9.91. The molecule has 28 heavy (non-hydrogen) atoms. The fourth-order valence-corrected chi connectivity index (χ4v) is 4.50. The van der Waals surface area contributed by atoms with Gasteiger partial charge in [0, 0.05) is 19.2 Å². The molecule has 3 aromatic rings. The first-order valence-electron chi connectivity index (χ1n) is 9.92. The van der Waals surface area contributed by atoms with Crippen LogP contribution in [0.3, 0.4) is 0 Å². The van der Waals surface area contributed by atoms with Crippen LogP contribution in [0, 0.1) is 5.92 Å². The zero-order chi connectivity index (χ0) is 19.2. The molecule has 1 fully saturated rings. The maximum absolute atomic E-state index is 11.9. The number of nitrogens with zero attached hydrogens (tertiary/aromatic N) is 3. The molecule has 0 spiro atoms. The number of rotatable bonds is 8. The number of carbonyl (C=O) groups is 1. The van der Waals surface area contributed by atoms with E-state index in [0.717, 1.165) is 38.2 Å². The molecule has 3 aromatic heterocycles. The summed E-state index contributed by atoms with van der Waals surface area (Å²) in [6.07, 6.45) is 9.94. The summed E-state index contributed by atoms with van der Waals surface area (Å²) in [6.45, 7) is 3.20. The third-order valence-electron chi connectivity index (χ3n) is 5.40. The van der Waals surface area contributed by atoms with Gasteiger partial charge >= 0.3 is 0 Å². The van der Waals surface area contributed by atoms with Gasteiger partial charge in [0.1, 0.15) is 6.26 Å². The van der Waals surface area contributed by atoms with E-state index < -0.39 is 0 Å². The molecule has 6 heteroatoms. The number of piperidine rings is 1. The van der Waals surface area contributed by atoms with E-state index in [1.54, 1.807) is 11.3 Å². The van der Waals surface area contributed by atoms with E-state index in [4.69, 9.17) is 4.42 Å². The van der Waals surface area contributed by atoms with Crippen LogP contribution in [0.2, 0.25) is 0 Å². The van der Waals surface area contributed by atoms with Crippen LogP contribution in [0.25, 0.3) is 10.6 Å². The van der Waals surface area contributed by atoms with E-state index in [9.17, 15) is 4.79 Å². The molecule has 146 valence electrons. The number of carbonyl (C=O) groups excluding carboxylic acids is 1. The SMILES string of the molecule is O=C(CCCC1CCN(Cc2ccc(-c3cccs3)nc2)CC1)c1ncco1. The quantitative estimate of drug-likeness (QED) is 0.499. The number of pyridine rings is 1. The Morgan fingerprint density at radius 1 is 1.21 bits per heavy atom. The van der Waals surface area contributed by atoms with Gasteiger partial charge in [-0.15, -0.1) is 11.3 Å². The van der Waals surface area contributed by atoms with Crippen LogP contribution in [0.1, 0.15) is 48.4 Å². The van der Waals surface area contributed by atoms with Gasteiger partial charge in [0.25, 0.3) is 5.89 Å². The predicted octanol–water partition coefficient (Wildman–Crippen LogP) is 5.06. The number of hydrogen-bond donors (Lipinski definition) is 0. The Bertz CT molecular complexity index is 852. The van der Waals surface area contributed by atoms with E-state index in [0.29, 0.717) is 12.3 Å². The van der Waals surface area contributed by atoms with Gasteiger partial charge in [-0.05, 0) is 67.8 Å². The topological polar surface area (TPSA) is 59.2 Å². The Hall–Kier alpha value is -2.31. The number of ketones is 1. The third kappa shape index (κ3) is 4.94. The largest absolute Gasteiger partial charge is 0.442 e. The zero-order valence-corrected chi connectivity index (χ0v) is 16.7. The van der Waals surface area contributed by atoms with Crippen LogP contribution in [-0.4, -0.2) is 33.7 Å². The second-order valence-electron chi connectivity index (χ2n) is 7.40. The maximum Gasteiger partial charge on any atom is 0.263 e. The molecule has 4 heterocycles. The molecule has 0 N–H and O–H groups in total. The van der Waals surface area contributed by atoms with E-state index >= 15 is 0 Å². The second kappa shape index (κ2) is 9.26. The summed E-state index contributed by atoms with van der Waals surface area (Å²) in [7, 11) is 0. The van der Waals surface area contributed by atoms with Crippen molar-refractivity contribution in [2.45, 2.75) is 38.6 Å². The molecule has 0 atom stereocenters. The highest BCUT2D eigenvalue weighted by atomic mass is 32.1. The van der Waals surface area contributed by atoms with Crippen LogP contribution in [-0.2, 0) is 6.54 Å². The van der Waals surface area contributed by atoms with Gasteiger partial charge in [0.2, 0.25) is 5.78 Å². The van der Waals surface area contributed by atoms with Gasteiger partial charge in [-0.2, -0.15) is 0 Å². The molecule has 0 radical (unpaired) electrons. The van der Waals surface area contributed by atoms with Crippen molar-refractivity contribution in [3.63, 3.8) is 0 Å². The van der Waals surface area contributed by atoms with E-state index in [2.05, 4.69) is 44.5 Å². The Kier molecular flexibility index (Phi) is 6.29. The summed E-state index contributed by atoms with van der Waals surface area (Å²) in [4.78, 5) is 24.2. The summed E-state index contributed by atoms with van der Waals surface area (Å²) in [5.41, 5.74) is 2.33. The molecule has 5 nitrogen and oxygen atoms in total. The molecule has 0 aliphatic carbocycles. The van der Waals surface area contributed by atoms with Crippen molar-refractivity contribution in [2.75, 3.05) is 13.1 Å². The van der Waals surface area contributed by atoms with Gasteiger partial charge in [-0.3, -0.25) is 14.7 Å². The molecular formula is C22H25N3O2S. The number of thiophene rings is 1. The van der Waals surface area contributed by atoms with Gasteiger partial charge in [-0.1, -0.05) is 12.1 Å². The van der Waals surface area contributed by atoms with Crippen molar-refractivity contribution >= 4 is 17.1 Å². The molecule has 0 unspecified atom stereocenters. The van der Waals surface area contributed by atoms with Crippen LogP contribution >= 0.6 is 11.3 Å². The number of Topliss-reactive ketones (excluding diaryl/α,β-unsaturated/α-hetero) is 1. The average molecular weight is 396 g/mol. The smallest absolute Gasteiger partial charge is 0.263 e. The van der Waals surface area contributed by atoms with Gasteiger partial charge < -0.3 is 4.42 Å². The van der Waals surface area contributed by atoms with Gasteiger partial charge in [0.05, 0.1) is 16.8 Å². The fourth-order valence-electron chi connectivity index (χ4n) is 3.80. The zero-order valence-electron chi connectivity index (χ0n) is 15.9. The number of likely N-dealkylation sites (tertiary alicyclic amines) is 1. The third-order valence-corrected chi connectivity index (χ3v) is 6.29. The Morgan fingerprint density at radius 2 is 2.11 bits per heavy atom. The van der Waals surface area contributed by atoms with Crippen molar-refractivity contribution in [3.8, 4) is 10.6 Å². The first-order chi connectivity index (χ1) is 13.8. The lowest BCUT2D eigenvalue weighted by molar-refractivity contribution is 0.0940. The maximum atomic E-state index is 11.9. The predicted molar refractivity (Wildman–Crippen MR) is 110 cm³/mol. The van der Waals surface area contributed by atoms with Crippen LogP contribution in [0.5, 0.6) is 0 Å². The fraction of sp³-hybridized carbons (Fsp3) is 0.409. The molecule has 0 saturated carbocycles. The minimum Gasteiger partial charge on any atom is -0.442 e. The molecule has 4 rings (SSSR count). The summed E-state index contributed by atoms with van der Waals surface area (Å²) >= 11 is 1.72. The molecule has 0 bridgehead atoms. The van der Waals surface area contributed by atoms with Crippen LogP contribution in [0.4, 0.5) is 0 Å². The molecule has 0 amide bonds. The van der Waals surface area contributed by atoms with Gasteiger partial charge in [-0.25, -0.2) is 4.98 Å². The lowest BCUT2D eigenvalue weighted by Gasteiger charge is -2.32. The van der Waals surface area contributed by atoms with Gasteiger partial charge in [0.15, 0.2) is 0 Å². The molecular weight excluding hydrogens is 370 g/mol. The summed E-state index contributed by atoms with van der Waals surface area (Å²) in [5.74, 6) is 0.974. The standard InChI is InChI=1S/C22H25N3O2S/c26-20(22-23-10-13-27-22)4-1-3-17-8-11-25(12-9-17)16-18-6-7-19(24-15-18)21-5-2-14-28-21/h2,5-7,10,13-15,17H,1,3-4,8-9,11-12,16H2. The summed E-state index contributed by atoms with van der Waals surface area (Å²) in [6, 6.07) is 8.49. The molecule has 0 aromatic carbocycles. The number of oxazole rings is 1. The number of hydrogen-bond acceptors (Lipinski definition) is 6. The highest BCUT2D eigenvalue weighted by Gasteiger charge is 2.20. The summed E-state index contributed by atoms with van der Waals surface area (Å²) in [5, 5.41) is 2.08.